The Hall–Kier alpha value is -1.45. The van der Waals surface area contributed by atoms with E-state index in [0.29, 0.717) is 10.6 Å². The number of nitrogens with zero attached hydrogens (tertiary/aromatic N) is 1. The SMILES string of the molecule is CNC(c1cc(Cl)ccc1C)c1ccncc1F. The molecule has 0 spiro atoms. The summed E-state index contributed by atoms with van der Waals surface area (Å²) >= 11 is 6.01. The maximum absolute atomic E-state index is 13.8. The number of halogens is 2. The summed E-state index contributed by atoms with van der Waals surface area (Å²) < 4.78 is 13.8. The van der Waals surface area contributed by atoms with Crippen LogP contribution in [-0.2, 0) is 0 Å². The molecule has 0 aliphatic heterocycles. The van der Waals surface area contributed by atoms with E-state index in [0.717, 1.165) is 11.1 Å². The molecule has 2 rings (SSSR count). The minimum Gasteiger partial charge on any atom is -0.309 e. The van der Waals surface area contributed by atoms with Crippen LogP contribution in [0.5, 0.6) is 0 Å². The first kappa shape index (κ1) is 13.0. The summed E-state index contributed by atoms with van der Waals surface area (Å²) in [5.41, 5.74) is 2.60. The Kier molecular flexibility index (Phi) is 3.94. The first-order valence-corrected chi connectivity index (χ1v) is 6.04. The van der Waals surface area contributed by atoms with E-state index in [9.17, 15) is 4.39 Å². The molecule has 0 saturated carbocycles. The van der Waals surface area contributed by atoms with Crippen molar-refractivity contribution in [2.24, 2.45) is 0 Å². The molecule has 2 nitrogen and oxygen atoms in total. The predicted octanol–water partition coefficient (Wildman–Crippen LogP) is 3.49. The molecular formula is C14H14ClFN2. The van der Waals surface area contributed by atoms with Crippen LogP contribution >= 0.6 is 11.6 Å². The number of pyridine rings is 1. The first-order chi connectivity index (χ1) is 8.63. The Bertz CT molecular complexity index is 557. The van der Waals surface area contributed by atoms with E-state index in [2.05, 4.69) is 10.3 Å². The van der Waals surface area contributed by atoms with Crippen LogP contribution in [0.1, 0.15) is 22.7 Å². The van der Waals surface area contributed by atoms with Gasteiger partial charge in [-0.1, -0.05) is 17.7 Å². The standard InChI is InChI=1S/C14H14ClFN2/c1-9-3-4-10(15)7-12(9)14(17-2)11-5-6-18-8-13(11)16/h3-8,14,17H,1-2H3. The number of aryl methyl sites for hydroxylation is 1. The van der Waals surface area contributed by atoms with Crippen LogP contribution in [0.25, 0.3) is 0 Å². The molecule has 0 fully saturated rings. The lowest BCUT2D eigenvalue weighted by Crippen LogP contribution is -2.20. The topological polar surface area (TPSA) is 24.9 Å². The van der Waals surface area contributed by atoms with Gasteiger partial charge < -0.3 is 5.32 Å². The van der Waals surface area contributed by atoms with Crippen LogP contribution < -0.4 is 5.32 Å². The summed E-state index contributed by atoms with van der Waals surface area (Å²) in [6.45, 7) is 1.98. The summed E-state index contributed by atoms with van der Waals surface area (Å²) in [5, 5.41) is 3.76. The molecule has 94 valence electrons. The Labute approximate surface area is 111 Å². The van der Waals surface area contributed by atoms with Crippen molar-refractivity contribution in [1.29, 1.82) is 0 Å². The lowest BCUT2D eigenvalue weighted by molar-refractivity contribution is 0.570. The second-order valence-electron chi connectivity index (χ2n) is 4.12. The fourth-order valence-electron chi connectivity index (χ4n) is 2.02. The lowest BCUT2D eigenvalue weighted by Gasteiger charge is -2.20. The van der Waals surface area contributed by atoms with E-state index < -0.39 is 0 Å². The van der Waals surface area contributed by atoms with E-state index in [1.165, 1.54) is 6.20 Å². The van der Waals surface area contributed by atoms with E-state index in [1.807, 2.05) is 25.1 Å². The van der Waals surface area contributed by atoms with Gasteiger partial charge in [-0.15, -0.1) is 0 Å². The first-order valence-electron chi connectivity index (χ1n) is 5.66. The maximum Gasteiger partial charge on any atom is 0.146 e. The summed E-state index contributed by atoms with van der Waals surface area (Å²) in [5.74, 6) is -0.323. The van der Waals surface area contributed by atoms with Crippen LogP contribution in [0, 0.1) is 12.7 Å². The third-order valence-corrected chi connectivity index (χ3v) is 3.19. The second-order valence-corrected chi connectivity index (χ2v) is 4.56. The van der Waals surface area contributed by atoms with Crippen molar-refractivity contribution in [3.05, 3.63) is 64.2 Å². The average molecular weight is 265 g/mol. The zero-order chi connectivity index (χ0) is 13.1. The summed E-state index contributed by atoms with van der Waals surface area (Å²) in [7, 11) is 1.80. The highest BCUT2D eigenvalue weighted by Crippen LogP contribution is 2.28. The molecule has 0 aliphatic carbocycles. The van der Waals surface area contributed by atoms with Gasteiger partial charge in [-0.2, -0.15) is 0 Å². The van der Waals surface area contributed by atoms with Gasteiger partial charge in [0, 0.05) is 16.8 Å². The van der Waals surface area contributed by atoms with Gasteiger partial charge >= 0.3 is 0 Å². The van der Waals surface area contributed by atoms with Crippen molar-refractivity contribution in [1.82, 2.24) is 10.3 Å². The molecule has 1 N–H and O–H groups in total. The minimum absolute atomic E-state index is 0.230. The molecule has 18 heavy (non-hydrogen) atoms. The maximum atomic E-state index is 13.8. The Balaban J connectivity index is 2.52. The van der Waals surface area contributed by atoms with Crippen LogP contribution in [0.2, 0.25) is 5.02 Å². The van der Waals surface area contributed by atoms with Gasteiger partial charge in [0.15, 0.2) is 0 Å². The molecule has 0 amide bonds. The fourth-order valence-corrected chi connectivity index (χ4v) is 2.20. The summed E-state index contributed by atoms with van der Waals surface area (Å²) in [6.07, 6.45) is 2.81. The highest BCUT2D eigenvalue weighted by Gasteiger charge is 2.18. The fraction of sp³-hybridized carbons (Fsp3) is 0.214. The van der Waals surface area contributed by atoms with Crippen LogP contribution in [0.4, 0.5) is 4.39 Å². The smallest absolute Gasteiger partial charge is 0.146 e. The van der Waals surface area contributed by atoms with Gasteiger partial charge in [0.05, 0.1) is 12.2 Å². The number of benzene rings is 1. The van der Waals surface area contributed by atoms with Crippen LogP contribution in [-0.4, -0.2) is 12.0 Å². The highest BCUT2D eigenvalue weighted by molar-refractivity contribution is 6.30. The molecule has 0 saturated heterocycles. The molecule has 0 radical (unpaired) electrons. The summed E-state index contributed by atoms with van der Waals surface area (Å²) in [4.78, 5) is 3.77. The molecule has 0 aliphatic rings. The average Bonchev–Trinajstić information content (AvgIpc) is 2.36. The molecule has 1 heterocycles. The van der Waals surface area contributed by atoms with Crippen molar-refractivity contribution < 1.29 is 4.39 Å². The van der Waals surface area contributed by atoms with Crippen LogP contribution in [0.15, 0.2) is 36.7 Å². The van der Waals surface area contributed by atoms with E-state index in [-0.39, 0.29) is 11.9 Å². The van der Waals surface area contributed by atoms with E-state index >= 15 is 0 Å². The zero-order valence-electron chi connectivity index (χ0n) is 10.2. The Morgan fingerprint density at radius 2 is 2.06 bits per heavy atom. The van der Waals surface area contributed by atoms with Gasteiger partial charge in [-0.25, -0.2) is 4.39 Å². The second kappa shape index (κ2) is 5.46. The van der Waals surface area contributed by atoms with Crippen molar-refractivity contribution in [2.75, 3.05) is 7.05 Å². The van der Waals surface area contributed by atoms with Gasteiger partial charge in [0.1, 0.15) is 5.82 Å². The number of rotatable bonds is 3. The van der Waals surface area contributed by atoms with E-state index in [1.54, 1.807) is 19.3 Å². The molecule has 1 aromatic heterocycles. The van der Waals surface area contributed by atoms with Gasteiger partial charge in [0.25, 0.3) is 0 Å². The van der Waals surface area contributed by atoms with Crippen molar-refractivity contribution in [3.63, 3.8) is 0 Å². The van der Waals surface area contributed by atoms with Crippen LogP contribution in [0.3, 0.4) is 0 Å². The van der Waals surface area contributed by atoms with Crippen molar-refractivity contribution in [3.8, 4) is 0 Å². The molecule has 4 heteroatoms. The van der Waals surface area contributed by atoms with Gasteiger partial charge in [-0.3, -0.25) is 4.98 Å². The zero-order valence-corrected chi connectivity index (χ0v) is 11.0. The largest absolute Gasteiger partial charge is 0.309 e. The van der Waals surface area contributed by atoms with Crippen molar-refractivity contribution in [2.45, 2.75) is 13.0 Å². The molecule has 0 bridgehead atoms. The Morgan fingerprint density at radius 1 is 1.28 bits per heavy atom. The highest BCUT2D eigenvalue weighted by atomic mass is 35.5. The Morgan fingerprint density at radius 3 is 2.72 bits per heavy atom. The molecular weight excluding hydrogens is 251 g/mol. The van der Waals surface area contributed by atoms with E-state index in [4.69, 9.17) is 11.6 Å². The molecule has 1 aromatic carbocycles. The van der Waals surface area contributed by atoms with Crippen molar-refractivity contribution >= 4 is 11.6 Å². The lowest BCUT2D eigenvalue weighted by atomic mass is 9.95. The normalized spacial score (nSPS) is 12.4. The number of aromatic nitrogens is 1. The van der Waals surface area contributed by atoms with Gasteiger partial charge in [0.2, 0.25) is 0 Å². The summed E-state index contributed by atoms with van der Waals surface area (Å²) in [6, 6.07) is 7.07. The molecule has 2 aromatic rings. The third kappa shape index (κ3) is 2.52. The van der Waals surface area contributed by atoms with Gasteiger partial charge in [-0.05, 0) is 43.3 Å². The number of hydrogen-bond acceptors (Lipinski definition) is 2. The minimum atomic E-state index is -0.323. The number of hydrogen-bond donors (Lipinski definition) is 1. The molecule has 1 atom stereocenters. The third-order valence-electron chi connectivity index (χ3n) is 2.96. The number of nitrogens with one attached hydrogen (secondary N) is 1. The monoisotopic (exact) mass is 264 g/mol. The predicted molar refractivity (Wildman–Crippen MR) is 71.3 cm³/mol. The molecule has 1 unspecified atom stereocenters. The quantitative estimate of drug-likeness (QED) is 0.918.